The third-order valence-electron chi connectivity index (χ3n) is 3.92. The quantitative estimate of drug-likeness (QED) is 0.866. The van der Waals surface area contributed by atoms with Gasteiger partial charge in [-0.3, -0.25) is 9.59 Å². The van der Waals surface area contributed by atoms with Crippen molar-refractivity contribution in [2.45, 2.75) is 46.1 Å². The van der Waals surface area contributed by atoms with Crippen molar-refractivity contribution in [2.24, 2.45) is 0 Å². The number of aromatic nitrogens is 3. The molecule has 0 spiro atoms. The van der Waals surface area contributed by atoms with Gasteiger partial charge in [0.1, 0.15) is 6.54 Å². The second-order valence-electron chi connectivity index (χ2n) is 6.02. The summed E-state index contributed by atoms with van der Waals surface area (Å²) in [7, 11) is 0. The maximum atomic E-state index is 12.5. The highest BCUT2D eigenvalue weighted by Gasteiger charge is 2.21. The molecule has 0 bridgehead atoms. The molecule has 2 aromatic heterocycles. The van der Waals surface area contributed by atoms with E-state index in [2.05, 4.69) is 23.9 Å². The average molecular weight is 320 g/mol. The summed E-state index contributed by atoms with van der Waals surface area (Å²) in [4.78, 5) is 31.0. The zero-order chi connectivity index (χ0) is 15.9. The second-order valence-corrected chi connectivity index (χ2v) is 7.05. The zero-order valence-corrected chi connectivity index (χ0v) is 13.9. The highest BCUT2D eigenvalue weighted by Crippen LogP contribution is 2.26. The Morgan fingerprint density at radius 2 is 2.00 bits per heavy atom. The first-order valence-corrected chi connectivity index (χ1v) is 8.45. The van der Waals surface area contributed by atoms with Crippen molar-refractivity contribution < 1.29 is 4.79 Å². The topological polar surface area (TPSA) is 68.1 Å². The van der Waals surface area contributed by atoms with Crippen LogP contribution in [0.15, 0.2) is 4.79 Å². The number of hydrogen-bond donors (Lipinski definition) is 0. The first kappa shape index (κ1) is 15.1. The molecule has 22 heavy (non-hydrogen) atoms. The molecule has 6 nitrogen and oxygen atoms in total. The van der Waals surface area contributed by atoms with Crippen molar-refractivity contribution in [3.63, 3.8) is 0 Å². The maximum Gasteiger partial charge on any atom is 0.294 e. The summed E-state index contributed by atoms with van der Waals surface area (Å²) in [5.41, 5.74) is 0.931. The molecule has 0 radical (unpaired) electrons. The van der Waals surface area contributed by atoms with Crippen LogP contribution in [0.5, 0.6) is 0 Å². The molecule has 0 saturated carbocycles. The van der Waals surface area contributed by atoms with E-state index >= 15 is 0 Å². The number of hydrogen-bond acceptors (Lipinski definition) is 5. The van der Waals surface area contributed by atoms with E-state index in [9.17, 15) is 9.59 Å². The van der Waals surface area contributed by atoms with Crippen molar-refractivity contribution in [3.05, 3.63) is 21.1 Å². The Kier molecular flexibility index (Phi) is 3.99. The van der Waals surface area contributed by atoms with Gasteiger partial charge in [0.05, 0.1) is 15.4 Å². The molecule has 0 aliphatic carbocycles. The molecule has 0 N–H and O–H groups in total. The molecule has 3 rings (SSSR count). The maximum absolute atomic E-state index is 12.5. The van der Waals surface area contributed by atoms with Gasteiger partial charge >= 0.3 is 0 Å². The Morgan fingerprint density at radius 3 is 2.64 bits per heavy atom. The number of rotatable bonds is 3. The SMILES string of the molecule is Cc1nn(CC(=O)N2CCCC2)c(=O)c2nc(C(C)C)sc12. The first-order valence-electron chi connectivity index (χ1n) is 7.63. The lowest BCUT2D eigenvalue weighted by molar-refractivity contribution is -0.131. The number of carbonyl (C=O) groups excluding carboxylic acids is 1. The Hall–Kier alpha value is -1.76. The Morgan fingerprint density at radius 1 is 1.32 bits per heavy atom. The molecular weight excluding hydrogens is 300 g/mol. The van der Waals surface area contributed by atoms with E-state index in [1.165, 1.54) is 16.0 Å². The monoisotopic (exact) mass is 320 g/mol. The van der Waals surface area contributed by atoms with Crippen LogP contribution in [0, 0.1) is 6.92 Å². The molecule has 7 heteroatoms. The fourth-order valence-electron chi connectivity index (χ4n) is 2.67. The predicted molar refractivity (Wildman–Crippen MR) is 86.3 cm³/mol. The second kappa shape index (κ2) is 5.79. The minimum absolute atomic E-state index is 0.00412. The minimum atomic E-state index is -0.267. The predicted octanol–water partition coefficient (Wildman–Crippen LogP) is 1.91. The van der Waals surface area contributed by atoms with E-state index in [1.807, 2.05) is 6.92 Å². The summed E-state index contributed by atoms with van der Waals surface area (Å²) in [6.45, 7) is 7.53. The number of fused-ring (bicyclic) bond motifs is 1. The van der Waals surface area contributed by atoms with E-state index in [0.29, 0.717) is 5.52 Å². The van der Waals surface area contributed by atoms with Gasteiger partial charge in [-0.1, -0.05) is 13.8 Å². The van der Waals surface area contributed by atoms with Gasteiger partial charge in [-0.15, -0.1) is 11.3 Å². The van der Waals surface area contributed by atoms with Gasteiger partial charge in [-0.25, -0.2) is 9.67 Å². The average Bonchev–Trinajstić information content (AvgIpc) is 3.13. The van der Waals surface area contributed by atoms with Crippen LogP contribution >= 0.6 is 11.3 Å². The number of nitrogens with zero attached hydrogens (tertiary/aromatic N) is 4. The molecule has 3 heterocycles. The molecular formula is C15H20N4O2S. The molecule has 2 aromatic rings. The Balaban J connectivity index is 1.98. The number of carbonyl (C=O) groups is 1. The van der Waals surface area contributed by atoms with Crippen LogP contribution in [0.2, 0.25) is 0 Å². The standard InChI is InChI=1S/C15H20N4O2S/c1-9(2)14-16-12-13(22-14)10(3)17-19(15(12)21)8-11(20)18-6-4-5-7-18/h9H,4-8H2,1-3H3. The van der Waals surface area contributed by atoms with Crippen molar-refractivity contribution in [2.75, 3.05) is 13.1 Å². The van der Waals surface area contributed by atoms with Crippen LogP contribution < -0.4 is 5.56 Å². The largest absolute Gasteiger partial charge is 0.341 e. The van der Waals surface area contributed by atoms with Gasteiger partial charge in [-0.05, 0) is 19.8 Å². The van der Waals surface area contributed by atoms with Crippen molar-refractivity contribution in [1.82, 2.24) is 19.7 Å². The number of aryl methyl sites for hydroxylation is 1. The molecule has 0 aromatic carbocycles. The van der Waals surface area contributed by atoms with Crippen LogP contribution in [0.1, 0.15) is 43.3 Å². The summed E-state index contributed by atoms with van der Waals surface area (Å²) in [6, 6.07) is 0. The van der Waals surface area contributed by atoms with Gasteiger partial charge in [-0.2, -0.15) is 5.10 Å². The van der Waals surface area contributed by atoms with E-state index in [-0.39, 0.29) is 23.9 Å². The smallest absolute Gasteiger partial charge is 0.294 e. The summed E-state index contributed by atoms with van der Waals surface area (Å²) in [5.74, 6) is 0.237. The lowest BCUT2D eigenvalue weighted by Gasteiger charge is -2.15. The van der Waals surface area contributed by atoms with Crippen LogP contribution in [0.4, 0.5) is 0 Å². The lowest BCUT2D eigenvalue weighted by atomic mass is 10.2. The van der Waals surface area contributed by atoms with Gasteiger partial charge in [0.15, 0.2) is 5.52 Å². The van der Waals surface area contributed by atoms with E-state index in [4.69, 9.17) is 0 Å². The third-order valence-corrected chi connectivity index (χ3v) is 5.38. The van der Waals surface area contributed by atoms with Crippen LogP contribution in [0.25, 0.3) is 10.2 Å². The summed E-state index contributed by atoms with van der Waals surface area (Å²) in [6.07, 6.45) is 2.08. The van der Waals surface area contributed by atoms with Crippen LogP contribution in [-0.2, 0) is 11.3 Å². The summed E-state index contributed by atoms with van der Waals surface area (Å²) >= 11 is 1.52. The molecule has 1 aliphatic heterocycles. The molecule has 118 valence electrons. The normalized spacial score (nSPS) is 15.2. The van der Waals surface area contributed by atoms with Crippen molar-refractivity contribution in [1.29, 1.82) is 0 Å². The van der Waals surface area contributed by atoms with Gasteiger partial charge in [0.2, 0.25) is 5.91 Å². The Bertz CT molecular complexity index is 772. The lowest BCUT2D eigenvalue weighted by Crippen LogP contribution is -2.36. The highest BCUT2D eigenvalue weighted by molar-refractivity contribution is 7.18. The molecule has 0 unspecified atom stereocenters. The number of amides is 1. The van der Waals surface area contributed by atoms with Crippen molar-refractivity contribution in [3.8, 4) is 0 Å². The molecule has 1 fully saturated rings. The third kappa shape index (κ3) is 2.65. The van der Waals surface area contributed by atoms with E-state index < -0.39 is 0 Å². The highest BCUT2D eigenvalue weighted by atomic mass is 32.1. The zero-order valence-electron chi connectivity index (χ0n) is 13.1. The number of likely N-dealkylation sites (tertiary alicyclic amines) is 1. The van der Waals surface area contributed by atoms with Gasteiger partial charge in [0.25, 0.3) is 5.56 Å². The van der Waals surface area contributed by atoms with E-state index in [0.717, 1.165) is 41.3 Å². The minimum Gasteiger partial charge on any atom is -0.341 e. The van der Waals surface area contributed by atoms with Crippen molar-refractivity contribution >= 4 is 27.5 Å². The first-order chi connectivity index (χ1) is 10.5. The Labute approximate surface area is 132 Å². The number of thiazole rings is 1. The fraction of sp³-hybridized carbons (Fsp3) is 0.600. The summed E-state index contributed by atoms with van der Waals surface area (Å²) < 4.78 is 2.10. The molecule has 1 aliphatic rings. The molecule has 0 atom stereocenters. The van der Waals surface area contributed by atoms with Crippen LogP contribution in [-0.4, -0.2) is 38.7 Å². The fourth-order valence-corrected chi connectivity index (χ4v) is 3.67. The van der Waals surface area contributed by atoms with Gasteiger partial charge < -0.3 is 4.90 Å². The van der Waals surface area contributed by atoms with E-state index in [1.54, 1.807) is 4.90 Å². The van der Waals surface area contributed by atoms with Gasteiger partial charge in [0, 0.05) is 19.0 Å². The summed E-state index contributed by atoms with van der Waals surface area (Å²) in [5, 5.41) is 5.24. The molecule has 1 amide bonds. The van der Waals surface area contributed by atoms with Crippen LogP contribution in [0.3, 0.4) is 0 Å². The molecule has 1 saturated heterocycles.